The first kappa shape index (κ1) is 14.3. The Morgan fingerprint density at radius 3 is 2.40 bits per heavy atom. The van der Waals surface area contributed by atoms with Gasteiger partial charge in [0, 0.05) is 30.6 Å². The number of rotatable bonds is 2. The third kappa shape index (κ3) is 2.73. The van der Waals surface area contributed by atoms with Crippen molar-refractivity contribution in [3.05, 3.63) is 0 Å². The molecule has 2 N–H and O–H groups in total. The Hall–Kier alpha value is -0.610. The van der Waals surface area contributed by atoms with Gasteiger partial charge in [-0.3, -0.25) is 9.69 Å². The first-order valence-corrected chi connectivity index (χ1v) is 8.37. The maximum atomic E-state index is 12.7. The fourth-order valence-corrected chi connectivity index (χ4v) is 4.26. The van der Waals surface area contributed by atoms with Crippen LogP contribution in [-0.2, 0) is 4.79 Å². The number of piperidine rings is 1. The van der Waals surface area contributed by atoms with Gasteiger partial charge in [-0.2, -0.15) is 0 Å². The molecule has 0 bridgehead atoms. The summed E-state index contributed by atoms with van der Waals surface area (Å²) in [4.78, 5) is 17.4. The minimum atomic E-state index is -0.0564. The first-order chi connectivity index (χ1) is 9.58. The number of hydrogen-bond donors (Lipinski definition) is 1. The molecule has 3 fully saturated rings. The van der Waals surface area contributed by atoms with Gasteiger partial charge in [0.1, 0.15) is 0 Å². The third-order valence-electron chi connectivity index (χ3n) is 5.76. The van der Waals surface area contributed by atoms with E-state index in [0.717, 1.165) is 58.3 Å². The molecule has 1 amide bonds. The van der Waals surface area contributed by atoms with E-state index in [1.165, 1.54) is 12.8 Å². The van der Waals surface area contributed by atoms with Crippen LogP contribution in [0.15, 0.2) is 0 Å². The molecule has 1 unspecified atom stereocenters. The molecule has 3 rings (SSSR count). The van der Waals surface area contributed by atoms with Crippen LogP contribution >= 0.6 is 0 Å². The molecule has 0 spiro atoms. The summed E-state index contributed by atoms with van der Waals surface area (Å²) in [5, 5.41) is 0. The molecule has 0 aromatic heterocycles. The van der Waals surface area contributed by atoms with E-state index in [9.17, 15) is 4.79 Å². The molecule has 4 heteroatoms. The molecule has 2 heterocycles. The van der Waals surface area contributed by atoms with Gasteiger partial charge in [-0.25, -0.2) is 0 Å². The van der Waals surface area contributed by atoms with Crippen LogP contribution in [0.5, 0.6) is 0 Å². The predicted octanol–water partition coefficient (Wildman–Crippen LogP) is 1.59. The van der Waals surface area contributed by atoms with Crippen LogP contribution < -0.4 is 5.73 Å². The zero-order valence-electron chi connectivity index (χ0n) is 12.8. The molecule has 114 valence electrons. The standard InChI is InChI=1S/C16H29N3O/c1-16(7-2-3-8-16)15(20)19-11-6-14(12-19)18-9-4-13(17)5-10-18/h13-14H,2-12,17H2,1H3. The van der Waals surface area contributed by atoms with Crippen molar-refractivity contribution in [2.75, 3.05) is 26.2 Å². The minimum absolute atomic E-state index is 0.0564. The van der Waals surface area contributed by atoms with Crippen LogP contribution in [0.2, 0.25) is 0 Å². The molecule has 0 aromatic carbocycles. The number of nitrogens with two attached hydrogens (primary N) is 1. The molecular weight excluding hydrogens is 250 g/mol. The van der Waals surface area contributed by atoms with E-state index in [1.54, 1.807) is 0 Å². The SMILES string of the molecule is CC1(C(=O)N2CCC(N3CCC(N)CC3)C2)CCCC1. The van der Waals surface area contributed by atoms with Crippen molar-refractivity contribution in [1.29, 1.82) is 0 Å². The Kier molecular flexibility index (Phi) is 4.04. The average Bonchev–Trinajstić information content (AvgIpc) is 3.09. The van der Waals surface area contributed by atoms with E-state index >= 15 is 0 Å². The van der Waals surface area contributed by atoms with Crippen LogP contribution in [-0.4, -0.2) is 54.0 Å². The van der Waals surface area contributed by atoms with Crippen LogP contribution in [0.4, 0.5) is 0 Å². The normalized spacial score (nSPS) is 31.9. The summed E-state index contributed by atoms with van der Waals surface area (Å²) in [6.07, 6.45) is 8.01. The Morgan fingerprint density at radius 1 is 1.10 bits per heavy atom. The monoisotopic (exact) mass is 279 g/mol. The maximum Gasteiger partial charge on any atom is 0.228 e. The quantitative estimate of drug-likeness (QED) is 0.835. The lowest BCUT2D eigenvalue weighted by molar-refractivity contribution is -0.140. The number of carbonyl (C=O) groups is 1. The van der Waals surface area contributed by atoms with Gasteiger partial charge >= 0.3 is 0 Å². The molecule has 1 atom stereocenters. The van der Waals surface area contributed by atoms with Crippen molar-refractivity contribution in [1.82, 2.24) is 9.80 Å². The Bertz CT molecular complexity index is 357. The molecule has 0 aromatic rings. The third-order valence-corrected chi connectivity index (χ3v) is 5.76. The summed E-state index contributed by atoms with van der Waals surface area (Å²) in [6.45, 7) is 6.32. The topological polar surface area (TPSA) is 49.6 Å². The van der Waals surface area contributed by atoms with Crippen molar-refractivity contribution in [3.63, 3.8) is 0 Å². The maximum absolute atomic E-state index is 12.7. The van der Waals surface area contributed by atoms with Gasteiger partial charge in [0.15, 0.2) is 0 Å². The van der Waals surface area contributed by atoms with Gasteiger partial charge in [-0.15, -0.1) is 0 Å². The Labute approximate surface area is 122 Å². The number of carbonyl (C=O) groups excluding carboxylic acids is 1. The summed E-state index contributed by atoms with van der Waals surface area (Å²) < 4.78 is 0. The Balaban J connectivity index is 1.55. The van der Waals surface area contributed by atoms with Crippen LogP contribution in [0, 0.1) is 5.41 Å². The number of likely N-dealkylation sites (tertiary alicyclic amines) is 2. The van der Waals surface area contributed by atoms with Gasteiger partial charge < -0.3 is 10.6 Å². The zero-order valence-corrected chi connectivity index (χ0v) is 12.8. The van der Waals surface area contributed by atoms with Crippen LogP contribution in [0.3, 0.4) is 0 Å². The molecule has 1 saturated carbocycles. The largest absolute Gasteiger partial charge is 0.341 e. The fourth-order valence-electron chi connectivity index (χ4n) is 4.26. The van der Waals surface area contributed by atoms with Crippen molar-refractivity contribution < 1.29 is 4.79 Å². The van der Waals surface area contributed by atoms with Crippen LogP contribution in [0.25, 0.3) is 0 Å². The lowest BCUT2D eigenvalue weighted by Crippen LogP contribution is -2.47. The molecular formula is C16H29N3O. The second-order valence-electron chi connectivity index (χ2n) is 7.33. The van der Waals surface area contributed by atoms with E-state index in [-0.39, 0.29) is 5.41 Å². The summed E-state index contributed by atoms with van der Waals surface area (Å²) >= 11 is 0. The fraction of sp³-hybridized carbons (Fsp3) is 0.938. The second-order valence-corrected chi connectivity index (χ2v) is 7.33. The minimum Gasteiger partial charge on any atom is -0.341 e. The lowest BCUT2D eigenvalue weighted by atomic mass is 9.87. The van der Waals surface area contributed by atoms with Gasteiger partial charge in [0.2, 0.25) is 5.91 Å². The molecule has 4 nitrogen and oxygen atoms in total. The van der Waals surface area contributed by atoms with Gasteiger partial charge in [0.25, 0.3) is 0 Å². The highest BCUT2D eigenvalue weighted by Crippen LogP contribution is 2.40. The van der Waals surface area contributed by atoms with E-state index < -0.39 is 0 Å². The van der Waals surface area contributed by atoms with Crippen molar-refractivity contribution in [2.24, 2.45) is 11.1 Å². The summed E-state index contributed by atoms with van der Waals surface area (Å²) in [5.74, 6) is 0.422. The highest BCUT2D eigenvalue weighted by Gasteiger charge is 2.42. The Morgan fingerprint density at radius 2 is 1.75 bits per heavy atom. The summed E-state index contributed by atoms with van der Waals surface area (Å²) in [7, 11) is 0. The van der Waals surface area contributed by atoms with Crippen LogP contribution in [0.1, 0.15) is 51.9 Å². The summed E-state index contributed by atoms with van der Waals surface area (Å²) in [6, 6.07) is 0.972. The smallest absolute Gasteiger partial charge is 0.228 e. The van der Waals surface area contributed by atoms with Gasteiger partial charge in [-0.05, 0) is 45.2 Å². The van der Waals surface area contributed by atoms with E-state index in [2.05, 4.69) is 16.7 Å². The number of hydrogen-bond acceptors (Lipinski definition) is 3. The molecule has 2 aliphatic heterocycles. The van der Waals surface area contributed by atoms with E-state index in [1.807, 2.05) is 0 Å². The van der Waals surface area contributed by atoms with Crippen molar-refractivity contribution in [2.45, 2.75) is 64.0 Å². The highest BCUT2D eigenvalue weighted by atomic mass is 16.2. The predicted molar refractivity (Wildman–Crippen MR) is 80.3 cm³/mol. The molecule has 0 radical (unpaired) electrons. The van der Waals surface area contributed by atoms with Gasteiger partial charge in [0.05, 0.1) is 0 Å². The van der Waals surface area contributed by atoms with Gasteiger partial charge in [-0.1, -0.05) is 19.8 Å². The zero-order chi connectivity index (χ0) is 14.2. The van der Waals surface area contributed by atoms with E-state index in [4.69, 9.17) is 5.73 Å². The summed E-state index contributed by atoms with van der Waals surface area (Å²) in [5.41, 5.74) is 5.92. The number of amides is 1. The average molecular weight is 279 g/mol. The molecule has 2 saturated heterocycles. The second kappa shape index (κ2) is 5.64. The lowest BCUT2D eigenvalue weighted by Gasteiger charge is -2.35. The van der Waals surface area contributed by atoms with Crippen molar-refractivity contribution >= 4 is 5.91 Å². The van der Waals surface area contributed by atoms with Crippen molar-refractivity contribution in [3.8, 4) is 0 Å². The molecule has 20 heavy (non-hydrogen) atoms. The first-order valence-electron chi connectivity index (χ1n) is 8.37. The highest BCUT2D eigenvalue weighted by molar-refractivity contribution is 5.83. The van der Waals surface area contributed by atoms with E-state index in [0.29, 0.717) is 18.0 Å². The molecule has 3 aliphatic rings. The molecule has 1 aliphatic carbocycles. The number of nitrogens with zero attached hydrogens (tertiary/aromatic N) is 2.